The van der Waals surface area contributed by atoms with Crippen molar-refractivity contribution in [1.82, 2.24) is 15.3 Å². The Kier molecular flexibility index (Phi) is 6.24. The summed E-state index contributed by atoms with van der Waals surface area (Å²) in [5.41, 5.74) is 2.70. The van der Waals surface area contributed by atoms with Crippen molar-refractivity contribution in [1.29, 1.82) is 0 Å². The Morgan fingerprint density at radius 2 is 2.06 bits per heavy atom. The minimum Gasteiger partial charge on any atom is -0.485 e. The van der Waals surface area contributed by atoms with E-state index in [4.69, 9.17) is 21.1 Å². The first-order valence-electron chi connectivity index (χ1n) is 10.5. The molecule has 1 aliphatic heterocycles. The molecule has 2 aromatic heterocycles. The van der Waals surface area contributed by atoms with Crippen molar-refractivity contribution >= 4 is 28.8 Å². The van der Waals surface area contributed by atoms with Crippen molar-refractivity contribution in [3.05, 3.63) is 99.8 Å². The molecule has 1 aliphatic rings. The second kappa shape index (κ2) is 9.60. The number of ether oxygens (including phenoxy) is 2. The number of carbonyl (C=O) groups is 1. The highest BCUT2D eigenvalue weighted by molar-refractivity contribution is 7.13. The molecule has 0 bridgehead atoms. The van der Waals surface area contributed by atoms with Gasteiger partial charge in [0.05, 0.1) is 17.1 Å². The first-order valence-corrected chi connectivity index (χ1v) is 11.7. The molecule has 0 radical (unpaired) electrons. The lowest BCUT2D eigenvalue weighted by Gasteiger charge is -2.26. The number of pyridine rings is 1. The molecule has 1 atom stereocenters. The van der Waals surface area contributed by atoms with Crippen LogP contribution in [-0.4, -0.2) is 15.9 Å². The molecule has 5 rings (SSSR count). The van der Waals surface area contributed by atoms with E-state index in [0.717, 1.165) is 29.0 Å². The van der Waals surface area contributed by atoms with Gasteiger partial charge in [-0.1, -0.05) is 53.3 Å². The first kappa shape index (κ1) is 21.4. The molecular formula is C25H20ClN3O3S. The molecule has 2 aromatic carbocycles. The zero-order valence-corrected chi connectivity index (χ0v) is 19.1. The zero-order chi connectivity index (χ0) is 22.6. The van der Waals surface area contributed by atoms with E-state index >= 15 is 0 Å². The predicted molar refractivity (Wildman–Crippen MR) is 127 cm³/mol. The van der Waals surface area contributed by atoms with Gasteiger partial charge in [-0.15, -0.1) is 0 Å². The van der Waals surface area contributed by atoms with Gasteiger partial charge in [0.2, 0.25) is 0 Å². The smallest absolute Gasteiger partial charge is 0.278 e. The highest BCUT2D eigenvalue weighted by Gasteiger charge is 2.22. The summed E-state index contributed by atoms with van der Waals surface area (Å²) in [7, 11) is 0. The topological polar surface area (TPSA) is 73.3 Å². The number of benzene rings is 2. The summed E-state index contributed by atoms with van der Waals surface area (Å²) in [6.45, 7) is 0.331. The number of nitrogens with zero attached hydrogens (tertiary/aromatic N) is 2. The van der Waals surface area contributed by atoms with Crippen molar-refractivity contribution in [2.75, 3.05) is 0 Å². The van der Waals surface area contributed by atoms with E-state index in [2.05, 4.69) is 27.4 Å². The highest BCUT2D eigenvalue weighted by Crippen LogP contribution is 2.38. The molecule has 0 saturated carbocycles. The van der Waals surface area contributed by atoms with E-state index in [1.165, 1.54) is 29.3 Å². The van der Waals surface area contributed by atoms with Gasteiger partial charge in [0, 0.05) is 23.5 Å². The maximum absolute atomic E-state index is 12.3. The van der Waals surface area contributed by atoms with E-state index in [0.29, 0.717) is 28.1 Å². The van der Waals surface area contributed by atoms with Crippen LogP contribution in [0.2, 0.25) is 5.02 Å². The minimum absolute atomic E-state index is 0.0734. The van der Waals surface area contributed by atoms with E-state index in [1.54, 1.807) is 12.3 Å². The summed E-state index contributed by atoms with van der Waals surface area (Å²) >= 11 is 7.40. The summed E-state index contributed by atoms with van der Waals surface area (Å²) in [6.07, 6.45) is 6.58. The molecule has 33 heavy (non-hydrogen) atoms. The third-order valence-electron chi connectivity index (χ3n) is 5.33. The summed E-state index contributed by atoms with van der Waals surface area (Å²) in [5, 5.41) is 3.67. The number of amides is 1. The fourth-order valence-electron chi connectivity index (χ4n) is 3.67. The largest absolute Gasteiger partial charge is 0.485 e. The second-order valence-electron chi connectivity index (χ2n) is 7.56. The van der Waals surface area contributed by atoms with Crippen molar-refractivity contribution in [2.45, 2.75) is 25.5 Å². The van der Waals surface area contributed by atoms with Crippen LogP contribution >= 0.6 is 22.9 Å². The Labute approximate surface area is 200 Å². The zero-order valence-electron chi connectivity index (χ0n) is 17.5. The third kappa shape index (κ3) is 4.99. The van der Waals surface area contributed by atoms with Crippen LogP contribution in [0.4, 0.5) is 0 Å². The quantitative estimate of drug-likeness (QED) is 0.370. The normalized spacial score (nSPS) is 14.8. The monoisotopic (exact) mass is 477 g/mol. The van der Waals surface area contributed by atoms with Crippen molar-refractivity contribution in [3.63, 3.8) is 0 Å². The van der Waals surface area contributed by atoms with Gasteiger partial charge in [-0.2, -0.15) is 0 Å². The number of aromatic nitrogens is 2. The Morgan fingerprint density at radius 3 is 2.91 bits per heavy atom. The molecule has 3 heterocycles. The minimum atomic E-state index is -0.262. The molecule has 1 N–H and O–H groups in total. The van der Waals surface area contributed by atoms with Crippen molar-refractivity contribution < 1.29 is 14.3 Å². The maximum atomic E-state index is 12.3. The van der Waals surface area contributed by atoms with E-state index in [-0.39, 0.29) is 12.0 Å². The fourth-order valence-corrected chi connectivity index (χ4v) is 4.59. The average Bonchev–Trinajstić information content (AvgIpc) is 3.30. The van der Waals surface area contributed by atoms with Crippen molar-refractivity contribution in [3.8, 4) is 16.7 Å². The molecular weight excluding hydrogens is 458 g/mol. The standard InChI is InChI=1S/C25H20ClN3O3S/c26-21-15-27-11-10-20(21)24(30)28-13-19-14-29-25(33-19)31-18-7-9-23-17(12-18)6-8-22(32-23)16-4-2-1-3-5-16/h1-5,7,9-12,14-15,22H,6,8,13H2,(H,28,30). The number of thiazole rings is 1. The highest BCUT2D eigenvalue weighted by atomic mass is 35.5. The Bertz CT molecular complexity index is 1280. The molecule has 4 aromatic rings. The van der Waals surface area contributed by atoms with Gasteiger partial charge in [0.1, 0.15) is 17.6 Å². The van der Waals surface area contributed by atoms with Gasteiger partial charge < -0.3 is 14.8 Å². The van der Waals surface area contributed by atoms with E-state index in [1.807, 2.05) is 36.4 Å². The number of carbonyl (C=O) groups excluding carboxylic acids is 1. The van der Waals surface area contributed by atoms with Gasteiger partial charge in [-0.25, -0.2) is 4.98 Å². The molecule has 8 heteroatoms. The lowest BCUT2D eigenvalue weighted by molar-refractivity contribution is 0.0951. The fraction of sp³-hybridized carbons (Fsp3) is 0.160. The molecule has 1 amide bonds. The van der Waals surface area contributed by atoms with Crippen LogP contribution in [0.3, 0.4) is 0 Å². The Morgan fingerprint density at radius 1 is 1.18 bits per heavy atom. The average molecular weight is 478 g/mol. The SMILES string of the molecule is O=C(NCc1cnc(Oc2ccc3c(c2)CCC(c2ccccc2)O3)s1)c1ccncc1Cl. The molecule has 1 unspecified atom stereocenters. The summed E-state index contributed by atoms with van der Waals surface area (Å²) in [5.74, 6) is 1.34. The molecule has 0 spiro atoms. The summed E-state index contributed by atoms with van der Waals surface area (Å²) in [4.78, 5) is 21.4. The van der Waals surface area contributed by atoms with E-state index in [9.17, 15) is 4.79 Å². The number of hydrogen-bond acceptors (Lipinski definition) is 6. The van der Waals surface area contributed by atoms with Crippen LogP contribution in [-0.2, 0) is 13.0 Å². The second-order valence-corrected chi connectivity index (χ2v) is 9.04. The third-order valence-corrected chi connectivity index (χ3v) is 6.50. The van der Waals surface area contributed by atoms with Crippen LogP contribution in [0.15, 0.2) is 73.2 Å². The van der Waals surface area contributed by atoms with Crippen LogP contribution in [0.1, 0.15) is 38.9 Å². The van der Waals surface area contributed by atoms with Crippen LogP contribution in [0.25, 0.3) is 0 Å². The van der Waals surface area contributed by atoms with Crippen molar-refractivity contribution in [2.24, 2.45) is 0 Å². The first-order chi connectivity index (χ1) is 16.2. The van der Waals surface area contributed by atoms with Gasteiger partial charge in [0.25, 0.3) is 11.1 Å². The van der Waals surface area contributed by atoms with Gasteiger partial charge in [-0.3, -0.25) is 9.78 Å². The lowest BCUT2D eigenvalue weighted by atomic mass is 9.97. The Balaban J connectivity index is 1.20. The molecule has 0 fully saturated rings. The molecule has 0 aliphatic carbocycles. The number of fused-ring (bicyclic) bond motifs is 1. The number of aryl methyl sites for hydroxylation is 1. The molecule has 6 nitrogen and oxygen atoms in total. The van der Waals surface area contributed by atoms with Gasteiger partial charge >= 0.3 is 0 Å². The maximum Gasteiger partial charge on any atom is 0.278 e. The van der Waals surface area contributed by atoms with Crippen LogP contribution < -0.4 is 14.8 Å². The van der Waals surface area contributed by atoms with Gasteiger partial charge in [0.15, 0.2) is 0 Å². The van der Waals surface area contributed by atoms with Gasteiger partial charge in [-0.05, 0) is 48.2 Å². The van der Waals surface area contributed by atoms with E-state index < -0.39 is 0 Å². The number of rotatable bonds is 6. The number of nitrogens with one attached hydrogen (secondary N) is 1. The molecule has 166 valence electrons. The number of hydrogen-bond donors (Lipinski definition) is 1. The Hall–Kier alpha value is -3.42. The van der Waals surface area contributed by atoms with Crippen LogP contribution in [0.5, 0.6) is 16.7 Å². The molecule has 0 saturated heterocycles. The van der Waals surface area contributed by atoms with Crippen LogP contribution in [0, 0.1) is 0 Å². The predicted octanol–water partition coefficient (Wildman–Crippen LogP) is 5.98. The summed E-state index contributed by atoms with van der Waals surface area (Å²) < 4.78 is 12.2. The lowest BCUT2D eigenvalue weighted by Crippen LogP contribution is -2.22. The summed E-state index contributed by atoms with van der Waals surface area (Å²) in [6, 6.07) is 17.7. The number of halogens is 1.